The van der Waals surface area contributed by atoms with Gasteiger partial charge in [0.15, 0.2) is 0 Å². The predicted octanol–water partition coefficient (Wildman–Crippen LogP) is 10.4. The summed E-state index contributed by atoms with van der Waals surface area (Å²) in [5.41, 5.74) is -0.201. The van der Waals surface area contributed by atoms with Crippen molar-refractivity contribution < 1.29 is 11.4 Å². The van der Waals surface area contributed by atoms with Gasteiger partial charge in [-0.1, -0.05) is 77.0 Å². The van der Waals surface area contributed by atoms with Gasteiger partial charge in [-0.15, -0.1) is 0 Å². The van der Waals surface area contributed by atoms with Gasteiger partial charge in [0.25, 0.3) is 0 Å². The molecule has 6 saturated carbocycles. The Labute approximate surface area is 253 Å². The summed E-state index contributed by atoms with van der Waals surface area (Å²) in [4.78, 5) is 0. The van der Waals surface area contributed by atoms with Crippen LogP contribution in [0.2, 0.25) is 0 Å². The van der Waals surface area contributed by atoms with Gasteiger partial charge in [-0.2, -0.15) is 0 Å². The first kappa shape index (κ1) is 30.4. The Bertz CT molecular complexity index is 625. The van der Waals surface area contributed by atoms with E-state index in [2.05, 4.69) is 20.8 Å². The molecule has 0 aromatic heterocycles. The molecule has 6 fully saturated rings. The van der Waals surface area contributed by atoms with Gasteiger partial charge < -0.3 is 11.4 Å². The van der Waals surface area contributed by atoms with Crippen LogP contribution < -0.4 is 0 Å². The van der Waals surface area contributed by atoms with E-state index in [1.807, 2.05) is 0 Å². The summed E-state index contributed by atoms with van der Waals surface area (Å²) in [6.07, 6.45) is 32.8. The Hall–Kier alpha value is 0.412. The van der Waals surface area contributed by atoms with Crippen molar-refractivity contribution in [1.82, 2.24) is 0 Å². The predicted molar refractivity (Wildman–Crippen MR) is 166 cm³/mol. The Balaban J connectivity index is 1.34. The highest BCUT2D eigenvalue weighted by atomic mass is 27.3. The molecule has 6 aliphatic rings. The van der Waals surface area contributed by atoms with Crippen molar-refractivity contribution in [3.05, 3.63) is 0 Å². The fourth-order valence-electron chi connectivity index (χ4n) is 11.3. The summed E-state index contributed by atoms with van der Waals surface area (Å²) in [6.45, 7) is 7.62. The lowest BCUT2D eigenvalue weighted by molar-refractivity contribution is -0.153. The molecule has 40 heavy (non-hydrogen) atoms. The first-order valence-corrected chi connectivity index (χ1v) is 19.9. The number of hydrogen-bond donors (Lipinski definition) is 0. The molecule has 228 valence electrons. The van der Waals surface area contributed by atoms with Gasteiger partial charge in [-0.05, 0) is 133 Å². The summed E-state index contributed by atoms with van der Waals surface area (Å²) in [7, 11) is 0. The molecule has 0 unspecified atom stereocenters. The average molecular weight is 571 g/mol. The molecule has 0 aromatic rings. The molecular weight excluding hydrogens is 507 g/mol. The molecule has 0 aromatic carbocycles. The van der Waals surface area contributed by atoms with Gasteiger partial charge in [0, 0.05) is 16.8 Å². The molecule has 6 aliphatic carbocycles. The highest BCUT2D eigenvalue weighted by Crippen LogP contribution is 2.52. The van der Waals surface area contributed by atoms with Gasteiger partial charge in [0.2, 0.25) is 0 Å². The summed E-state index contributed by atoms with van der Waals surface area (Å²) in [5.74, 6) is 4.12. The molecule has 3 nitrogen and oxygen atoms in total. The Kier molecular flexibility index (Phi) is 10.0. The van der Waals surface area contributed by atoms with E-state index in [1.54, 1.807) is 0 Å². The van der Waals surface area contributed by atoms with Gasteiger partial charge in [0.05, 0.1) is 0 Å². The second-order valence-electron chi connectivity index (χ2n) is 16.1. The maximum Gasteiger partial charge on any atom is 0.906 e. The minimum absolute atomic E-state index is 0.0671. The molecule has 0 spiro atoms. The first-order chi connectivity index (χ1) is 19.4. The largest absolute Gasteiger partial charge is 0.906 e. The van der Waals surface area contributed by atoms with E-state index < -0.39 is 15.1 Å². The summed E-state index contributed by atoms with van der Waals surface area (Å²) in [5, 5.41) is 0. The van der Waals surface area contributed by atoms with E-state index in [-0.39, 0.29) is 16.8 Å². The lowest BCUT2D eigenvalue weighted by atomic mass is 9.76. The molecule has 0 saturated heterocycles. The third-order valence-corrected chi connectivity index (χ3v) is 16.1. The van der Waals surface area contributed by atoms with E-state index in [0.717, 1.165) is 0 Å². The molecule has 0 radical (unpaired) electrons. The maximum absolute atomic E-state index is 7.73. The fourth-order valence-corrected chi connectivity index (χ4v) is 13.8. The van der Waals surface area contributed by atoms with E-state index in [9.17, 15) is 0 Å². The fraction of sp³-hybridized carbons (Fsp3) is 1.00. The molecule has 0 heterocycles. The van der Waals surface area contributed by atoms with Gasteiger partial charge in [-0.3, -0.25) is 0 Å². The van der Waals surface area contributed by atoms with Crippen LogP contribution in [0.3, 0.4) is 0 Å². The average Bonchev–Trinajstić information content (AvgIpc) is 3.82. The summed E-state index contributed by atoms with van der Waals surface area (Å²) in [6, 6.07) is 0. The van der Waals surface area contributed by atoms with Crippen LogP contribution in [0.1, 0.15) is 175 Å². The van der Waals surface area contributed by atoms with E-state index in [1.165, 1.54) is 154 Å². The monoisotopic (exact) mass is 570 g/mol. The van der Waals surface area contributed by atoms with Crippen LogP contribution in [0.5, 0.6) is 0 Å². The van der Waals surface area contributed by atoms with Gasteiger partial charge >= 0.3 is 15.1 Å². The highest BCUT2D eigenvalue weighted by molar-refractivity contribution is 6.37. The van der Waals surface area contributed by atoms with Crippen LogP contribution >= 0.6 is 0 Å². The Morgan fingerprint density at radius 1 is 0.325 bits per heavy atom. The normalized spacial score (nSPS) is 27.7. The SMILES string of the molecule is CC([O][Al]([O]C(C)(C1CCCC1)C1CCCC1)[O]C(C)(C1CCCC1)C1CCCC1)(C1CCCC1)C1CCCC1. The van der Waals surface area contributed by atoms with Crippen LogP contribution in [-0.2, 0) is 11.4 Å². The molecule has 0 atom stereocenters. The standard InChI is InChI=1S/3C12H21O.Al/c3*1-12(13,10-6-2-3-7-10)11-8-4-5-9-11;/h3*10-11H,2-9H2,1H3;/q3*-1;+3. The maximum atomic E-state index is 7.73. The second kappa shape index (κ2) is 13.2. The minimum Gasteiger partial charge on any atom is -0.449 e. The zero-order valence-electron chi connectivity index (χ0n) is 26.7. The zero-order valence-corrected chi connectivity index (χ0v) is 27.9. The quantitative estimate of drug-likeness (QED) is 0.218. The topological polar surface area (TPSA) is 27.7 Å². The zero-order chi connectivity index (χ0) is 27.6. The van der Waals surface area contributed by atoms with E-state index in [4.69, 9.17) is 11.4 Å². The molecule has 4 heteroatoms. The van der Waals surface area contributed by atoms with Crippen molar-refractivity contribution in [1.29, 1.82) is 0 Å². The van der Waals surface area contributed by atoms with Crippen molar-refractivity contribution in [2.45, 2.75) is 192 Å². The molecule has 6 rings (SSSR count). The van der Waals surface area contributed by atoms with Crippen molar-refractivity contribution >= 4 is 15.1 Å². The summed E-state index contributed by atoms with van der Waals surface area (Å²) >= 11 is -2.45. The van der Waals surface area contributed by atoms with E-state index >= 15 is 0 Å². The van der Waals surface area contributed by atoms with Crippen LogP contribution in [-0.4, -0.2) is 32.0 Å². The molecule has 0 aliphatic heterocycles. The lowest BCUT2D eigenvalue weighted by Gasteiger charge is -2.50. The summed E-state index contributed by atoms with van der Waals surface area (Å²) < 4.78 is 23.2. The Morgan fingerprint density at radius 2 is 0.475 bits per heavy atom. The van der Waals surface area contributed by atoms with Crippen molar-refractivity contribution in [3.63, 3.8) is 0 Å². The third-order valence-electron chi connectivity index (χ3n) is 14.0. The number of hydrogen-bond acceptors (Lipinski definition) is 3. The first-order valence-electron chi connectivity index (χ1n) is 18.5. The van der Waals surface area contributed by atoms with Crippen LogP contribution in [0.15, 0.2) is 0 Å². The Morgan fingerprint density at radius 3 is 0.625 bits per heavy atom. The highest BCUT2D eigenvalue weighted by Gasteiger charge is 2.58. The molecule has 0 bridgehead atoms. The van der Waals surface area contributed by atoms with Crippen molar-refractivity contribution in [2.24, 2.45) is 35.5 Å². The smallest absolute Gasteiger partial charge is 0.449 e. The lowest BCUT2D eigenvalue weighted by Crippen LogP contribution is -2.58. The minimum atomic E-state index is -2.45. The van der Waals surface area contributed by atoms with Crippen LogP contribution in [0, 0.1) is 35.5 Å². The molecular formula is C36H63AlO3. The van der Waals surface area contributed by atoms with Crippen LogP contribution in [0.25, 0.3) is 0 Å². The second-order valence-corrected chi connectivity index (χ2v) is 17.4. The van der Waals surface area contributed by atoms with Gasteiger partial charge in [-0.25, -0.2) is 0 Å². The molecule has 0 amide bonds. The van der Waals surface area contributed by atoms with Crippen LogP contribution in [0.4, 0.5) is 0 Å². The van der Waals surface area contributed by atoms with Crippen molar-refractivity contribution in [3.8, 4) is 0 Å². The van der Waals surface area contributed by atoms with E-state index in [0.29, 0.717) is 35.5 Å². The molecule has 0 N–H and O–H groups in total. The third kappa shape index (κ3) is 6.16. The van der Waals surface area contributed by atoms with Gasteiger partial charge in [0.1, 0.15) is 0 Å². The van der Waals surface area contributed by atoms with Crippen molar-refractivity contribution in [2.75, 3.05) is 0 Å². The number of rotatable bonds is 12.